The normalized spacial score (nSPS) is 11.8. The molecule has 0 fully saturated rings. The number of anilines is 1. The van der Waals surface area contributed by atoms with Crippen molar-refractivity contribution >= 4 is 22.4 Å². The Kier molecular flexibility index (Phi) is 5.03. The van der Waals surface area contributed by atoms with Gasteiger partial charge >= 0.3 is 0 Å². The molecule has 0 spiro atoms. The van der Waals surface area contributed by atoms with Crippen molar-refractivity contribution in [3.8, 4) is 11.5 Å². The Hall–Kier alpha value is -4.00. The maximum Gasteiger partial charge on any atom is 0.270 e. The van der Waals surface area contributed by atoms with Gasteiger partial charge < -0.3 is 10.1 Å². The highest BCUT2D eigenvalue weighted by atomic mass is 16.6. The van der Waals surface area contributed by atoms with Gasteiger partial charge in [0.25, 0.3) is 5.69 Å². The Morgan fingerprint density at radius 2 is 1.69 bits per heavy atom. The smallest absolute Gasteiger partial charge is 0.270 e. The number of nitro groups is 1. The molecule has 0 saturated carbocycles. The van der Waals surface area contributed by atoms with Crippen molar-refractivity contribution in [2.45, 2.75) is 13.0 Å². The van der Waals surface area contributed by atoms with Crippen LogP contribution in [0.1, 0.15) is 18.5 Å². The van der Waals surface area contributed by atoms with E-state index in [9.17, 15) is 10.1 Å². The van der Waals surface area contributed by atoms with Crippen LogP contribution in [0.2, 0.25) is 0 Å². The first-order valence-corrected chi connectivity index (χ1v) is 9.09. The summed E-state index contributed by atoms with van der Waals surface area (Å²) in [5.74, 6) is 2.08. The number of hydrogen-bond acceptors (Lipinski definition) is 6. The van der Waals surface area contributed by atoms with E-state index in [1.165, 1.54) is 18.5 Å². The number of fused-ring (bicyclic) bond motifs is 1. The molecule has 144 valence electrons. The van der Waals surface area contributed by atoms with E-state index in [0.29, 0.717) is 16.7 Å². The van der Waals surface area contributed by atoms with E-state index in [4.69, 9.17) is 4.74 Å². The van der Waals surface area contributed by atoms with Crippen molar-refractivity contribution < 1.29 is 9.66 Å². The summed E-state index contributed by atoms with van der Waals surface area (Å²) in [4.78, 5) is 19.1. The Bertz CT molecular complexity index is 1150. The van der Waals surface area contributed by atoms with Gasteiger partial charge in [0, 0.05) is 23.6 Å². The maximum absolute atomic E-state index is 11.1. The Morgan fingerprint density at radius 3 is 2.41 bits per heavy atom. The second-order valence-electron chi connectivity index (χ2n) is 6.53. The standard InChI is InChI=1S/C22H18N4O3/c1-15(16-7-10-19(11-8-16)29-18-5-3-2-4-6-18)25-22-20-13-17(26(27)28)9-12-21(20)23-14-24-22/h2-15H,1H3,(H,23,24,25)/t15-/m0/s1. The van der Waals surface area contributed by atoms with Crippen molar-refractivity contribution in [1.29, 1.82) is 0 Å². The van der Waals surface area contributed by atoms with E-state index >= 15 is 0 Å². The number of rotatable bonds is 6. The number of ether oxygens (including phenoxy) is 1. The van der Waals surface area contributed by atoms with Crippen molar-refractivity contribution in [2.75, 3.05) is 5.32 Å². The van der Waals surface area contributed by atoms with Crippen LogP contribution >= 0.6 is 0 Å². The van der Waals surface area contributed by atoms with Crippen LogP contribution in [0.4, 0.5) is 11.5 Å². The van der Waals surface area contributed by atoms with Crippen LogP contribution in [0.3, 0.4) is 0 Å². The molecule has 1 atom stereocenters. The lowest BCUT2D eigenvalue weighted by Crippen LogP contribution is -2.08. The lowest BCUT2D eigenvalue weighted by atomic mass is 10.1. The van der Waals surface area contributed by atoms with Crippen molar-refractivity contribution in [1.82, 2.24) is 9.97 Å². The lowest BCUT2D eigenvalue weighted by Gasteiger charge is -2.16. The topological polar surface area (TPSA) is 90.2 Å². The van der Waals surface area contributed by atoms with Gasteiger partial charge in [0.2, 0.25) is 0 Å². The molecule has 0 radical (unpaired) electrons. The van der Waals surface area contributed by atoms with E-state index in [-0.39, 0.29) is 11.7 Å². The molecule has 7 nitrogen and oxygen atoms in total. The van der Waals surface area contributed by atoms with Gasteiger partial charge in [-0.05, 0) is 42.8 Å². The number of benzene rings is 3. The third-order valence-electron chi connectivity index (χ3n) is 4.54. The first kappa shape index (κ1) is 18.4. The molecule has 0 unspecified atom stereocenters. The molecule has 4 aromatic rings. The number of hydrogen-bond donors (Lipinski definition) is 1. The number of para-hydroxylation sites is 1. The zero-order valence-electron chi connectivity index (χ0n) is 15.6. The van der Waals surface area contributed by atoms with Crippen LogP contribution in [0.5, 0.6) is 11.5 Å². The SMILES string of the molecule is C[C@H](Nc1ncnc2ccc([N+](=O)[O-])cc12)c1ccc(Oc2ccccc2)cc1. The molecule has 3 aromatic carbocycles. The molecule has 0 aliphatic carbocycles. The molecule has 7 heteroatoms. The van der Waals surface area contributed by atoms with Gasteiger partial charge in [0.05, 0.1) is 10.4 Å². The molecular formula is C22H18N4O3. The molecule has 4 rings (SSSR count). The van der Waals surface area contributed by atoms with E-state index in [0.717, 1.165) is 17.1 Å². The number of nitrogens with zero attached hydrogens (tertiary/aromatic N) is 3. The summed E-state index contributed by atoms with van der Waals surface area (Å²) < 4.78 is 5.82. The minimum absolute atomic E-state index is 0.00502. The van der Waals surface area contributed by atoms with Crippen molar-refractivity contribution in [3.63, 3.8) is 0 Å². The first-order chi connectivity index (χ1) is 14.1. The molecule has 0 saturated heterocycles. The quantitative estimate of drug-likeness (QED) is 0.347. The average molecular weight is 386 g/mol. The third-order valence-corrected chi connectivity index (χ3v) is 4.54. The maximum atomic E-state index is 11.1. The molecule has 0 amide bonds. The van der Waals surface area contributed by atoms with E-state index in [1.54, 1.807) is 6.07 Å². The summed E-state index contributed by atoms with van der Waals surface area (Å²) in [5, 5.41) is 15.0. The summed E-state index contributed by atoms with van der Waals surface area (Å²) in [7, 11) is 0. The zero-order valence-corrected chi connectivity index (χ0v) is 15.6. The highest BCUT2D eigenvalue weighted by molar-refractivity contribution is 5.90. The van der Waals surface area contributed by atoms with Gasteiger partial charge in [0.1, 0.15) is 23.6 Å². The Labute approximate surface area is 167 Å². The van der Waals surface area contributed by atoms with Crippen LogP contribution < -0.4 is 10.1 Å². The number of nitrogens with one attached hydrogen (secondary N) is 1. The second kappa shape index (κ2) is 7.93. The van der Waals surface area contributed by atoms with Crippen molar-refractivity contribution in [3.05, 3.63) is 94.8 Å². The minimum Gasteiger partial charge on any atom is -0.457 e. The van der Waals surface area contributed by atoms with Gasteiger partial charge in [-0.25, -0.2) is 9.97 Å². The first-order valence-electron chi connectivity index (χ1n) is 9.09. The lowest BCUT2D eigenvalue weighted by molar-refractivity contribution is -0.384. The summed E-state index contributed by atoms with van der Waals surface area (Å²) >= 11 is 0. The van der Waals surface area contributed by atoms with Gasteiger partial charge in [-0.1, -0.05) is 30.3 Å². The van der Waals surface area contributed by atoms with Crippen molar-refractivity contribution in [2.24, 2.45) is 0 Å². The molecule has 1 heterocycles. The Balaban J connectivity index is 1.54. The van der Waals surface area contributed by atoms with Crippen LogP contribution in [0.25, 0.3) is 10.9 Å². The largest absolute Gasteiger partial charge is 0.457 e. The molecule has 0 bridgehead atoms. The second-order valence-corrected chi connectivity index (χ2v) is 6.53. The highest BCUT2D eigenvalue weighted by Crippen LogP contribution is 2.28. The van der Waals surface area contributed by atoms with Crippen LogP contribution in [0, 0.1) is 10.1 Å². The van der Waals surface area contributed by atoms with Crippen LogP contribution in [0.15, 0.2) is 79.1 Å². The predicted molar refractivity (Wildman–Crippen MR) is 111 cm³/mol. The number of aromatic nitrogens is 2. The van der Waals surface area contributed by atoms with Crippen LogP contribution in [-0.2, 0) is 0 Å². The minimum atomic E-state index is -0.425. The molecule has 29 heavy (non-hydrogen) atoms. The van der Waals surface area contributed by atoms with Gasteiger partial charge in [-0.2, -0.15) is 0 Å². The average Bonchev–Trinajstić information content (AvgIpc) is 2.75. The fraction of sp³-hybridized carbons (Fsp3) is 0.0909. The monoisotopic (exact) mass is 386 g/mol. The summed E-state index contributed by atoms with van der Waals surface area (Å²) in [6.45, 7) is 2.00. The van der Waals surface area contributed by atoms with Gasteiger partial charge in [0.15, 0.2) is 0 Å². The zero-order chi connectivity index (χ0) is 20.2. The predicted octanol–water partition coefficient (Wildman–Crippen LogP) is 5.50. The summed E-state index contributed by atoms with van der Waals surface area (Å²) in [6, 6.07) is 21.8. The fourth-order valence-corrected chi connectivity index (χ4v) is 3.01. The highest BCUT2D eigenvalue weighted by Gasteiger charge is 2.13. The number of non-ortho nitro benzene ring substituents is 1. The molecular weight excluding hydrogens is 368 g/mol. The summed E-state index contributed by atoms with van der Waals surface area (Å²) in [5.41, 5.74) is 1.68. The van der Waals surface area contributed by atoms with Gasteiger partial charge in [-0.3, -0.25) is 10.1 Å². The van der Waals surface area contributed by atoms with E-state index in [1.807, 2.05) is 61.5 Å². The molecule has 0 aliphatic heterocycles. The molecule has 0 aliphatic rings. The van der Waals surface area contributed by atoms with Crippen LogP contribution in [-0.4, -0.2) is 14.9 Å². The third kappa shape index (κ3) is 4.14. The van der Waals surface area contributed by atoms with E-state index < -0.39 is 4.92 Å². The summed E-state index contributed by atoms with van der Waals surface area (Å²) in [6.07, 6.45) is 1.44. The molecule has 1 aromatic heterocycles. The van der Waals surface area contributed by atoms with Gasteiger partial charge in [-0.15, -0.1) is 0 Å². The molecule has 1 N–H and O–H groups in total. The fourth-order valence-electron chi connectivity index (χ4n) is 3.01. The van der Waals surface area contributed by atoms with E-state index in [2.05, 4.69) is 15.3 Å². The number of nitro benzene ring substituents is 1. The Morgan fingerprint density at radius 1 is 0.966 bits per heavy atom.